The minimum absolute atomic E-state index is 0.222. The molecule has 0 aliphatic rings. The molecule has 0 saturated carbocycles. The van der Waals surface area contributed by atoms with Crippen LogP contribution in [0.4, 0.5) is 4.39 Å². The van der Waals surface area contributed by atoms with Crippen LogP contribution >= 0.6 is 0 Å². The van der Waals surface area contributed by atoms with E-state index in [0.717, 1.165) is 5.82 Å². The minimum Gasteiger partial charge on any atom is -0.330 e. The van der Waals surface area contributed by atoms with Gasteiger partial charge in [0, 0.05) is 19.9 Å². The van der Waals surface area contributed by atoms with Gasteiger partial charge in [-0.25, -0.2) is 9.37 Å². The lowest BCUT2D eigenvalue weighted by Crippen LogP contribution is -2.08. The summed E-state index contributed by atoms with van der Waals surface area (Å²) in [5, 5.41) is 4.25. The molecule has 0 bridgehead atoms. The average molecular weight is 234 g/mol. The molecule has 0 radical (unpaired) electrons. The first kappa shape index (κ1) is 11.7. The quantitative estimate of drug-likeness (QED) is 0.860. The van der Waals surface area contributed by atoms with E-state index in [1.54, 1.807) is 16.8 Å². The Labute approximate surface area is 99.3 Å². The highest BCUT2D eigenvalue weighted by molar-refractivity contribution is 5.20. The summed E-state index contributed by atoms with van der Waals surface area (Å²) in [5.41, 5.74) is 6.08. The fraction of sp³-hybridized carbons (Fsp3) is 0.333. The molecule has 2 aromatic rings. The Morgan fingerprint density at radius 1 is 1.35 bits per heavy atom. The number of nitrogens with two attached hydrogens (primary N) is 1. The topological polar surface area (TPSA) is 56.7 Å². The maximum atomic E-state index is 13.4. The van der Waals surface area contributed by atoms with Crippen LogP contribution in [-0.4, -0.2) is 21.3 Å². The van der Waals surface area contributed by atoms with Crippen LogP contribution in [0.5, 0.6) is 0 Å². The lowest BCUT2D eigenvalue weighted by Gasteiger charge is -1.98. The number of nitrogens with zero attached hydrogens (tertiary/aromatic N) is 3. The van der Waals surface area contributed by atoms with Crippen LogP contribution in [0.2, 0.25) is 0 Å². The molecule has 4 nitrogen and oxygen atoms in total. The molecule has 0 amide bonds. The zero-order valence-electron chi connectivity index (χ0n) is 9.73. The second-order valence-electron chi connectivity index (χ2n) is 3.87. The van der Waals surface area contributed by atoms with Crippen LogP contribution in [0.1, 0.15) is 17.2 Å². The summed E-state index contributed by atoms with van der Waals surface area (Å²) in [6.45, 7) is 0.533. The van der Waals surface area contributed by atoms with E-state index in [4.69, 9.17) is 5.73 Å². The fourth-order valence-electron chi connectivity index (χ4n) is 1.71. The first-order valence-corrected chi connectivity index (χ1v) is 5.53. The van der Waals surface area contributed by atoms with Gasteiger partial charge in [-0.15, -0.1) is 0 Å². The van der Waals surface area contributed by atoms with E-state index in [0.29, 0.717) is 30.8 Å². The molecule has 1 aromatic heterocycles. The Hall–Kier alpha value is -1.75. The smallest absolute Gasteiger partial charge is 0.155 e. The average Bonchev–Trinajstić information content (AvgIpc) is 2.63. The SMILES string of the molecule is Cn1nc(Cc2ccccc2F)nc1CCN. The molecule has 0 saturated heterocycles. The second kappa shape index (κ2) is 5.05. The summed E-state index contributed by atoms with van der Waals surface area (Å²) in [5.74, 6) is 1.24. The monoisotopic (exact) mass is 234 g/mol. The van der Waals surface area contributed by atoms with E-state index < -0.39 is 0 Å². The molecular weight excluding hydrogens is 219 g/mol. The summed E-state index contributed by atoms with van der Waals surface area (Å²) < 4.78 is 15.1. The molecule has 1 heterocycles. The standard InChI is InChI=1S/C12H15FN4/c1-17-12(6-7-14)15-11(16-17)8-9-4-2-3-5-10(9)13/h2-5H,6-8,14H2,1H3. The van der Waals surface area contributed by atoms with Crippen molar-refractivity contribution in [3.05, 3.63) is 47.3 Å². The van der Waals surface area contributed by atoms with Crippen LogP contribution in [0.15, 0.2) is 24.3 Å². The van der Waals surface area contributed by atoms with Crippen molar-refractivity contribution in [2.75, 3.05) is 6.54 Å². The van der Waals surface area contributed by atoms with Gasteiger partial charge in [0.2, 0.25) is 0 Å². The van der Waals surface area contributed by atoms with E-state index in [-0.39, 0.29) is 5.82 Å². The Bertz CT molecular complexity index is 507. The summed E-state index contributed by atoms with van der Waals surface area (Å²) in [6, 6.07) is 6.67. The van der Waals surface area contributed by atoms with Crippen molar-refractivity contribution in [2.45, 2.75) is 12.8 Å². The van der Waals surface area contributed by atoms with E-state index in [1.165, 1.54) is 6.07 Å². The zero-order valence-corrected chi connectivity index (χ0v) is 9.73. The highest BCUT2D eigenvalue weighted by Gasteiger charge is 2.09. The van der Waals surface area contributed by atoms with E-state index >= 15 is 0 Å². The first-order valence-electron chi connectivity index (χ1n) is 5.53. The molecule has 0 unspecified atom stereocenters. The molecule has 17 heavy (non-hydrogen) atoms. The normalized spacial score (nSPS) is 10.8. The molecule has 0 aliphatic carbocycles. The van der Waals surface area contributed by atoms with E-state index in [9.17, 15) is 4.39 Å². The third-order valence-corrected chi connectivity index (χ3v) is 2.57. The van der Waals surface area contributed by atoms with Crippen molar-refractivity contribution in [3.8, 4) is 0 Å². The van der Waals surface area contributed by atoms with Gasteiger partial charge in [0.05, 0.1) is 0 Å². The fourth-order valence-corrected chi connectivity index (χ4v) is 1.71. The second-order valence-corrected chi connectivity index (χ2v) is 3.87. The number of aromatic nitrogens is 3. The maximum absolute atomic E-state index is 13.4. The van der Waals surface area contributed by atoms with Gasteiger partial charge < -0.3 is 5.73 Å². The minimum atomic E-state index is -0.222. The number of hydrogen-bond donors (Lipinski definition) is 1. The van der Waals surface area contributed by atoms with Crippen molar-refractivity contribution in [2.24, 2.45) is 12.8 Å². The Kier molecular flexibility index (Phi) is 3.49. The van der Waals surface area contributed by atoms with Crippen molar-refractivity contribution in [1.29, 1.82) is 0 Å². The summed E-state index contributed by atoms with van der Waals surface area (Å²) in [6.07, 6.45) is 1.09. The van der Waals surface area contributed by atoms with Crippen molar-refractivity contribution in [3.63, 3.8) is 0 Å². The van der Waals surface area contributed by atoms with Crippen LogP contribution < -0.4 is 5.73 Å². The number of rotatable bonds is 4. The Balaban J connectivity index is 2.19. The van der Waals surface area contributed by atoms with E-state index in [2.05, 4.69) is 10.1 Å². The summed E-state index contributed by atoms with van der Waals surface area (Å²) in [4.78, 5) is 4.34. The number of benzene rings is 1. The molecule has 2 N–H and O–H groups in total. The van der Waals surface area contributed by atoms with Gasteiger partial charge in [-0.1, -0.05) is 18.2 Å². The lowest BCUT2D eigenvalue weighted by atomic mass is 10.1. The van der Waals surface area contributed by atoms with Gasteiger partial charge in [0.1, 0.15) is 11.6 Å². The van der Waals surface area contributed by atoms with Crippen LogP contribution in [-0.2, 0) is 19.9 Å². The van der Waals surface area contributed by atoms with Gasteiger partial charge in [0.25, 0.3) is 0 Å². The molecule has 2 rings (SSSR count). The highest BCUT2D eigenvalue weighted by Crippen LogP contribution is 2.10. The zero-order chi connectivity index (χ0) is 12.3. The summed E-state index contributed by atoms with van der Waals surface area (Å²) >= 11 is 0. The van der Waals surface area contributed by atoms with Gasteiger partial charge in [-0.05, 0) is 18.2 Å². The predicted molar refractivity (Wildman–Crippen MR) is 63.0 cm³/mol. The largest absolute Gasteiger partial charge is 0.330 e. The first-order chi connectivity index (χ1) is 8.20. The third-order valence-electron chi connectivity index (χ3n) is 2.57. The van der Waals surface area contributed by atoms with Crippen LogP contribution in [0.25, 0.3) is 0 Å². The molecule has 90 valence electrons. The summed E-state index contributed by atoms with van der Waals surface area (Å²) in [7, 11) is 1.82. The number of halogens is 1. The lowest BCUT2D eigenvalue weighted by molar-refractivity contribution is 0.611. The molecular formula is C12H15FN4. The number of aryl methyl sites for hydroxylation is 1. The van der Waals surface area contributed by atoms with Crippen molar-refractivity contribution >= 4 is 0 Å². The Morgan fingerprint density at radius 2 is 2.12 bits per heavy atom. The Morgan fingerprint density at radius 3 is 2.82 bits per heavy atom. The van der Waals surface area contributed by atoms with Crippen molar-refractivity contribution < 1.29 is 4.39 Å². The highest BCUT2D eigenvalue weighted by atomic mass is 19.1. The third kappa shape index (κ3) is 2.68. The van der Waals surface area contributed by atoms with Gasteiger partial charge in [-0.3, -0.25) is 4.68 Å². The van der Waals surface area contributed by atoms with Gasteiger partial charge in [0.15, 0.2) is 5.82 Å². The van der Waals surface area contributed by atoms with E-state index in [1.807, 2.05) is 13.1 Å². The molecule has 5 heteroatoms. The van der Waals surface area contributed by atoms with Gasteiger partial charge >= 0.3 is 0 Å². The molecule has 0 aliphatic heterocycles. The maximum Gasteiger partial charge on any atom is 0.155 e. The molecule has 0 atom stereocenters. The molecule has 0 spiro atoms. The molecule has 0 fully saturated rings. The van der Waals surface area contributed by atoms with Crippen LogP contribution in [0, 0.1) is 5.82 Å². The van der Waals surface area contributed by atoms with Crippen molar-refractivity contribution in [1.82, 2.24) is 14.8 Å². The molecule has 1 aromatic carbocycles. The van der Waals surface area contributed by atoms with Gasteiger partial charge in [-0.2, -0.15) is 5.10 Å². The van der Waals surface area contributed by atoms with Crippen LogP contribution in [0.3, 0.4) is 0 Å². The predicted octanol–water partition coefficient (Wildman–Crippen LogP) is 1.05. The number of hydrogen-bond acceptors (Lipinski definition) is 3.